The molecule has 6 heteroatoms. The van der Waals surface area contributed by atoms with Crippen LogP contribution in [0.1, 0.15) is 37.7 Å². The van der Waals surface area contributed by atoms with E-state index in [-0.39, 0.29) is 23.5 Å². The number of benzene rings is 1. The molecule has 1 aliphatic heterocycles. The van der Waals surface area contributed by atoms with E-state index in [1.807, 2.05) is 11.0 Å². The van der Waals surface area contributed by atoms with Crippen molar-refractivity contribution in [2.45, 2.75) is 49.7 Å². The van der Waals surface area contributed by atoms with Gasteiger partial charge in [-0.25, -0.2) is 4.79 Å². The predicted molar refractivity (Wildman–Crippen MR) is 107 cm³/mol. The van der Waals surface area contributed by atoms with Crippen molar-refractivity contribution >= 4 is 12.0 Å². The summed E-state index contributed by atoms with van der Waals surface area (Å²) in [4.78, 5) is 26.5. The third-order valence-electron chi connectivity index (χ3n) is 8.21. The van der Waals surface area contributed by atoms with Gasteiger partial charge in [-0.1, -0.05) is 30.3 Å². The van der Waals surface area contributed by atoms with Crippen molar-refractivity contribution in [1.82, 2.24) is 10.2 Å². The third-order valence-corrected chi connectivity index (χ3v) is 8.21. The molecule has 5 aliphatic rings. The van der Waals surface area contributed by atoms with Gasteiger partial charge in [-0.3, -0.25) is 4.79 Å². The molecule has 4 bridgehead atoms. The molecular weight excluding hydrogens is 368 g/mol. The normalized spacial score (nSPS) is 37.9. The van der Waals surface area contributed by atoms with Gasteiger partial charge >= 0.3 is 6.09 Å². The first-order valence-corrected chi connectivity index (χ1v) is 10.9. The largest absolute Gasteiger partial charge is 0.442 e. The van der Waals surface area contributed by atoms with Gasteiger partial charge in [0.2, 0.25) is 5.91 Å². The number of carbonyl (C=O) groups is 2. The lowest BCUT2D eigenvalue weighted by atomic mass is 9.42. The van der Waals surface area contributed by atoms with E-state index in [1.165, 1.54) is 12.6 Å². The molecule has 1 aromatic rings. The van der Waals surface area contributed by atoms with Gasteiger partial charge in [0.15, 0.2) is 0 Å². The van der Waals surface area contributed by atoms with Gasteiger partial charge in [0.1, 0.15) is 6.10 Å². The fraction of sp³-hybridized carbons (Fsp3) is 0.652. The number of alkyl carbamates (subject to hydrolysis) is 1. The second kappa shape index (κ2) is 7.01. The van der Waals surface area contributed by atoms with Crippen LogP contribution in [0.3, 0.4) is 0 Å². The summed E-state index contributed by atoms with van der Waals surface area (Å²) in [6, 6.07) is 10.6. The topological polar surface area (TPSA) is 78.9 Å². The molecule has 29 heavy (non-hydrogen) atoms. The number of aliphatic hydroxyl groups is 1. The van der Waals surface area contributed by atoms with Crippen LogP contribution in [0.4, 0.5) is 4.79 Å². The van der Waals surface area contributed by atoms with Crippen LogP contribution >= 0.6 is 0 Å². The molecule has 5 fully saturated rings. The molecule has 4 saturated carbocycles. The van der Waals surface area contributed by atoms with E-state index in [0.717, 1.165) is 25.7 Å². The Morgan fingerprint density at radius 3 is 2.24 bits per heavy atom. The maximum Gasteiger partial charge on any atom is 0.407 e. The number of hydrogen-bond donors (Lipinski definition) is 2. The van der Waals surface area contributed by atoms with Crippen molar-refractivity contribution in [2.24, 2.45) is 23.7 Å². The average molecular weight is 399 g/mol. The first-order valence-electron chi connectivity index (χ1n) is 10.9. The van der Waals surface area contributed by atoms with Gasteiger partial charge in [-0.05, 0) is 54.9 Å². The van der Waals surface area contributed by atoms with E-state index in [2.05, 4.69) is 29.6 Å². The monoisotopic (exact) mass is 398 g/mol. The molecule has 0 atom stereocenters. The standard InChI is InChI=1S/C23H30N2O4/c1-24-22(28)29-19-12-25(13-19)20(26)11-23(16-5-3-2-4-6-16)17-7-14-8-18(23)10-15(9-17)21(14)27/h2-6,14-15,17-19,21,27H,7-13H2,1H3,(H,24,28). The van der Waals surface area contributed by atoms with Crippen molar-refractivity contribution in [2.75, 3.05) is 20.1 Å². The van der Waals surface area contributed by atoms with Crippen LogP contribution in [-0.2, 0) is 14.9 Å². The minimum atomic E-state index is -0.442. The molecule has 2 N–H and O–H groups in total. The Morgan fingerprint density at radius 2 is 1.69 bits per heavy atom. The number of nitrogens with one attached hydrogen (secondary N) is 1. The van der Waals surface area contributed by atoms with Crippen LogP contribution in [-0.4, -0.2) is 54.4 Å². The Labute approximate surface area is 171 Å². The smallest absolute Gasteiger partial charge is 0.407 e. The second-order valence-corrected chi connectivity index (χ2v) is 9.51. The highest BCUT2D eigenvalue weighted by Gasteiger charge is 2.61. The third kappa shape index (κ3) is 2.95. The van der Waals surface area contributed by atoms with E-state index >= 15 is 0 Å². The number of ether oxygens (including phenoxy) is 1. The molecule has 6 rings (SSSR count). The summed E-state index contributed by atoms with van der Waals surface area (Å²) >= 11 is 0. The van der Waals surface area contributed by atoms with Crippen molar-refractivity contribution in [3.8, 4) is 0 Å². The zero-order valence-corrected chi connectivity index (χ0v) is 16.9. The van der Waals surface area contributed by atoms with Gasteiger partial charge in [-0.2, -0.15) is 0 Å². The van der Waals surface area contributed by atoms with Crippen LogP contribution < -0.4 is 5.32 Å². The van der Waals surface area contributed by atoms with E-state index in [1.54, 1.807) is 0 Å². The highest BCUT2D eigenvalue weighted by atomic mass is 16.6. The fourth-order valence-electron chi connectivity index (χ4n) is 6.86. The number of likely N-dealkylation sites (tertiary alicyclic amines) is 1. The van der Waals surface area contributed by atoms with Crippen molar-refractivity contribution in [1.29, 1.82) is 0 Å². The van der Waals surface area contributed by atoms with Crippen molar-refractivity contribution < 1.29 is 19.4 Å². The summed E-state index contributed by atoms with van der Waals surface area (Å²) in [5.74, 6) is 1.88. The molecule has 1 heterocycles. The van der Waals surface area contributed by atoms with Crippen LogP contribution in [0, 0.1) is 23.7 Å². The summed E-state index contributed by atoms with van der Waals surface area (Å²) < 4.78 is 5.25. The van der Waals surface area contributed by atoms with Crippen LogP contribution in [0.5, 0.6) is 0 Å². The van der Waals surface area contributed by atoms with Gasteiger partial charge < -0.3 is 20.1 Å². The minimum absolute atomic E-state index is 0.127. The number of carbonyl (C=O) groups excluding carboxylic acids is 2. The predicted octanol–water partition coefficient (Wildman–Crippen LogP) is 2.31. The van der Waals surface area contributed by atoms with E-state index in [0.29, 0.717) is 43.2 Å². The zero-order chi connectivity index (χ0) is 20.2. The summed E-state index contributed by atoms with van der Waals surface area (Å²) in [5.41, 5.74) is 1.16. The van der Waals surface area contributed by atoms with E-state index in [9.17, 15) is 14.7 Å². The molecule has 1 aromatic carbocycles. The van der Waals surface area contributed by atoms with Crippen molar-refractivity contribution in [3.63, 3.8) is 0 Å². The summed E-state index contributed by atoms with van der Waals surface area (Å²) in [7, 11) is 1.54. The Kier molecular flexibility index (Phi) is 4.57. The highest BCUT2D eigenvalue weighted by molar-refractivity contribution is 5.79. The first-order chi connectivity index (χ1) is 14.0. The molecule has 1 saturated heterocycles. The summed E-state index contributed by atoms with van der Waals surface area (Å²) in [5, 5.41) is 13.0. The number of aliphatic hydroxyl groups excluding tert-OH is 1. The lowest BCUT2D eigenvalue weighted by Crippen LogP contribution is -2.63. The molecule has 0 spiro atoms. The van der Waals surface area contributed by atoms with E-state index in [4.69, 9.17) is 4.74 Å². The molecule has 0 unspecified atom stereocenters. The van der Waals surface area contributed by atoms with Gasteiger partial charge in [-0.15, -0.1) is 0 Å². The van der Waals surface area contributed by atoms with Crippen LogP contribution in [0.2, 0.25) is 0 Å². The van der Waals surface area contributed by atoms with Gasteiger partial charge in [0.05, 0.1) is 19.2 Å². The quantitative estimate of drug-likeness (QED) is 0.816. The van der Waals surface area contributed by atoms with E-state index < -0.39 is 6.09 Å². The fourth-order valence-corrected chi connectivity index (χ4v) is 6.86. The molecule has 156 valence electrons. The lowest BCUT2D eigenvalue weighted by Gasteiger charge is -2.63. The average Bonchev–Trinajstić information content (AvgIpc) is 2.69. The molecule has 0 aromatic heterocycles. The summed E-state index contributed by atoms with van der Waals surface area (Å²) in [6.45, 7) is 0.965. The molecule has 6 nitrogen and oxygen atoms in total. The first kappa shape index (κ1) is 18.9. The van der Waals surface area contributed by atoms with Gasteiger partial charge in [0.25, 0.3) is 0 Å². The van der Waals surface area contributed by atoms with Crippen molar-refractivity contribution in [3.05, 3.63) is 35.9 Å². The maximum absolute atomic E-state index is 13.3. The Balaban J connectivity index is 1.37. The molecule has 0 radical (unpaired) electrons. The Morgan fingerprint density at radius 1 is 1.10 bits per heavy atom. The molecular formula is C23H30N2O4. The SMILES string of the molecule is CNC(=O)OC1CN(C(=O)CC2(c3ccccc3)C3CC4CC2CC(C3)C4O)C1. The second-order valence-electron chi connectivity index (χ2n) is 9.51. The Bertz CT molecular complexity index is 759. The maximum atomic E-state index is 13.3. The highest BCUT2D eigenvalue weighted by Crippen LogP contribution is 2.64. The summed E-state index contributed by atoms with van der Waals surface area (Å²) in [6.07, 6.45) is 3.83. The van der Waals surface area contributed by atoms with Crippen LogP contribution in [0.15, 0.2) is 30.3 Å². The number of rotatable bonds is 4. The molecule has 2 amide bonds. The number of amides is 2. The number of nitrogens with zero attached hydrogens (tertiary/aromatic N) is 1. The number of hydrogen-bond acceptors (Lipinski definition) is 4. The minimum Gasteiger partial charge on any atom is -0.442 e. The zero-order valence-electron chi connectivity index (χ0n) is 16.9. The lowest BCUT2D eigenvalue weighted by molar-refractivity contribution is -0.158. The molecule has 4 aliphatic carbocycles. The Hall–Kier alpha value is -2.08. The van der Waals surface area contributed by atoms with Gasteiger partial charge in [0, 0.05) is 18.9 Å². The van der Waals surface area contributed by atoms with Crippen LogP contribution in [0.25, 0.3) is 0 Å².